The van der Waals surface area contributed by atoms with Gasteiger partial charge in [-0.2, -0.15) is 0 Å². The number of benzene rings is 2. The van der Waals surface area contributed by atoms with Gasteiger partial charge in [0, 0.05) is 11.8 Å². The van der Waals surface area contributed by atoms with Gasteiger partial charge in [0.2, 0.25) is 0 Å². The monoisotopic (exact) mass is 443 g/mol. The Labute approximate surface area is 186 Å². The summed E-state index contributed by atoms with van der Waals surface area (Å²) >= 11 is 5.33. The summed E-state index contributed by atoms with van der Waals surface area (Å²) in [7, 11) is 6.23. The van der Waals surface area contributed by atoms with Crippen molar-refractivity contribution in [2.75, 3.05) is 33.8 Å². The zero-order valence-corrected chi connectivity index (χ0v) is 18.8. The smallest absolute Gasteiger partial charge is 0.255 e. The zero-order valence-electron chi connectivity index (χ0n) is 18.0. The van der Waals surface area contributed by atoms with Crippen LogP contribution in [0, 0.1) is 0 Å². The van der Waals surface area contributed by atoms with Crippen LogP contribution in [0.5, 0.6) is 23.0 Å². The van der Waals surface area contributed by atoms with E-state index in [0.717, 1.165) is 5.56 Å². The highest BCUT2D eigenvalue weighted by molar-refractivity contribution is 7.80. The fraction of sp³-hybridized carbons (Fsp3) is 0.273. The van der Waals surface area contributed by atoms with Crippen LogP contribution in [0.3, 0.4) is 0 Å². The second kappa shape index (κ2) is 9.57. The summed E-state index contributed by atoms with van der Waals surface area (Å²) in [6, 6.07) is 10.2. The van der Waals surface area contributed by atoms with E-state index in [9.17, 15) is 4.79 Å². The molecule has 1 amide bonds. The molecule has 0 saturated carbocycles. The predicted molar refractivity (Wildman–Crippen MR) is 122 cm³/mol. The van der Waals surface area contributed by atoms with Gasteiger partial charge in [0.15, 0.2) is 16.6 Å². The summed E-state index contributed by atoms with van der Waals surface area (Å²) < 4.78 is 21.4. The maximum absolute atomic E-state index is 13.3. The van der Waals surface area contributed by atoms with Crippen LogP contribution >= 0.6 is 12.2 Å². The fourth-order valence-electron chi connectivity index (χ4n) is 3.37. The molecule has 8 nitrogen and oxygen atoms in total. The first kappa shape index (κ1) is 22.2. The minimum Gasteiger partial charge on any atom is -0.497 e. The lowest BCUT2D eigenvalue weighted by Gasteiger charge is -2.30. The van der Waals surface area contributed by atoms with E-state index in [1.807, 2.05) is 12.1 Å². The number of allylic oxidation sites excluding steroid dienone is 1. The Bertz CT molecular complexity index is 1040. The molecule has 0 fully saturated rings. The van der Waals surface area contributed by atoms with Crippen molar-refractivity contribution in [3.05, 3.63) is 53.2 Å². The Morgan fingerprint density at radius 2 is 1.65 bits per heavy atom. The first-order valence-corrected chi connectivity index (χ1v) is 9.86. The number of nitrogens with one attached hydrogen (secondary N) is 3. The average molecular weight is 444 g/mol. The SMILES string of the molecule is COc1ccc(NC(=O)C2=C(C)NC(=S)N[C@@H]2c2ccc(OC)c(OC)c2)c(OC)c1. The van der Waals surface area contributed by atoms with E-state index in [4.69, 9.17) is 31.2 Å². The summed E-state index contributed by atoms with van der Waals surface area (Å²) in [6.07, 6.45) is 0. The standard InChI is InChI=1S/C22H25N3O5S/c1-12-19(21(26)24-15-8-7-14(27-2)11-17(15)29-4)20(25-22(31)23-12)13-6-9-16(28-3)18(10-13)30-5/h6-11,20H,1-5H3,(H,24,26)(H2,23,25,31)/t20-/m1/s1. The minimum absolute atomic E-state index is 0.303. The summed E-state index contributed by atoms with van der Waals surface area (Å²) in [6.45, 7) is 1.81. The predicted octanol–water partition coefficient (Wildman–Crippen LogP) is 3.15. The van der Waals surface area contributed by atoms with Gasteiger partial charge in [0.1, 0.15) is 11.5 Å². The zero-order chi connectivity index (χ0) is 22.5. The van der Waals surface area contributed by atoms with E-state index in [1.54, 1.807) is 52.5 Å². The lowest BCUT2D eigenvalue weighted by atomic mass is 9.94. The van der Waals surface area contributed by atoms with E-state index >= 15 is 0 Å². The second-order valence-corrected chi connectivity index (χ2v) is 7.11. The molecular weight excluding hydrogens is 418 g/mol. The van der Waals surface area contributed by atoms with Gasteiger partial charge in [-0.3, -0.25) is 4.79 Å². The van der Waals surface area contributed by atoms with Gasteiger partial charge in [-0.05, 0) is 49.0 Å². The summed E-state index contributed by atoms with van der Waals surface area (Å²) in [5, 5.41) is 9.54. The largest absolute Gasteiger partial charge is 0.497 e. The molecule has 1 atom stereocenters. The molecule has 164 valence electrons. The van der Waals surface area contributed by atoms with E-state index in [1.165, 1.54) is 7.11 Å². The molecule has 2 aromatic carbocycles. The molecule has 1 aliphatic rings. The summed E-state index contributed by atoms with van der Waals surface area (Å²) in [5.41, 5.74) is 2.45. The highest BCUT2D eigenvalue weighted by Crippen LogP contribution is 2.35. The van der Waals surface area contributed by atoms with E-state index in [0.29, 0.717) is 45.1 Å². The van der Waals surface area contributed by atoms with Crippen molar-refractivity contribution < 1.29 is 23.7 Å². The first-order chi connectivity index (χ1) is 14.9. The molecule has 0 bridgehead atoms. The lowest BCUT2D eigenvalue weighted by molar-refractivity contribution is -0.113. The molecule has 3 rings (SSSR count). The van der Waals surface area contributed by atoms with Gasteiger partial charge in [-0.25, -0.2) is 0 Å². The van der Waals surface area contributed by atoms with Gasteiger partial charge in [0.05, 0.1) is 45.7 Å². The molecule has 0 aliphatic carbocycles. The van der Waals surface area contributed by atoms with Crippen molar-refractivity contribution in [1.82, 2.24) is 10.6 Å². The van der Waals surface area contributed by atoms with Gasteiger partial charge in [0.25, 0.3) is 5.91 Å². The highest BCUT2D eigenvalue weighted by atomic mass is 32.1. The molecule has 1 heterocycles. The molecule has 1 aliphatic heterocycles. The van der Waals surface area contributed by atoms with Crippen molar-refractivity contribution in [1.29, 1.82) is 0 Å². The summed E-state index contributed by atoms with van der Waals surface area (Å²) in [4.78, 5) is 13.3. The van der Waals surface area contributed by atoms with Crippen LogP contribution in [0.1, 0.15) is 18.5 Å². The maximum Gasteiger partial charge on any atom is 0.255 e. The molecule has 9 heteroatoms. The normalized spacial score (nSPS) is 15.5. The van der Waals surface area contributed by atoms with Crippen molar-refractivity contribution in [2.24, 2.45) is 0 Å². The van der Waals surface area contributed by atoms with Gasteiger partial charge in [-0.1, -0.05) is 6.07 Å². The number of anilines is 1. The van der Waals surface area contributed by atoms with Crippen LogP contribution < -0.4 is 34.9 Å². The Morgan fingerprint density at radius 1 is 0.935 bits per heavy atom. The number of rotatable bonds is 7. The minimum atomic E-state index is -0.488. The molecule has 0 aromatic heterocycles. The molecular formula is C22H25N3O5S. The van der Waals surface area contributed by atoms with Crippen molar-refractivity contribution in [2.45, 2.75) is 13.0 Å². The van der Waals surface area contributed by atoms with E-state index in [-0.39, 0.29) is 5.91 Å². The fourth-order valence-corrected chi connectivity index (χ4v) is 3.64. The number of ether oxygens (including phenoxy) is 4. The van der Waals surface area contributed by atoms with Crippen LogP contribution in [-0.2, 0) is 4.79 Å². The molecule has 2 aromatic rings. The van der Waals surface area contributed by atoms with E-state index < -0.39 is 6.04 Å². The topological polar surface area (TPSA) is 90.1 Å². The molecule has 0 spiro atoms. The molecule has 0 unspecified atom stereocenters. The van der Waals surface area contributed by atoms with Crippen LogP contribution in [0.15, 0.2) is 47.7 Å². The molecule has 3 N–H and O–H groups in total. The molecule has 0 saturated heterocycles. The third-order valence-corrected chi connectivity index (χ3v) is 5.13. The average Bonchev–Trinajstić information content (AvgIpc) is 2.78. The number of hydrogen-bond donors (Lipinski definition) is 3. The Morgan fingerprint density at radius 3 is 2.29 bits per heavy atom. The van der Waals surface area contributed by atoms with Crippen molar-refractivity contribution in [3.8, 4) is 23.0 Å². The lowest BCUT2D eigenvalue weighted by Crippen LogP contribution is -2.45. The van der Waals surface area contributed by atoms with Crippen LogP contribution in [-0.4, -0.2) is 39.5 Å². The number of amides is 1. The second-order valence-electron chi connectivity index (χ2n) is 6.70. The van der Waals surface area contributed by atoms with Gasteiger partial charge in [-0.15, -0.1) is 0 Å². The Kier molecular flexibility index (Phi) is 6.86. The van der Waals surface area contributed by atoms with Crippen molar-refractivity contribution >= 4 is 28.9 Å². The van der Waals surface area contributed by atoms with Crippen molar-refractivity contribution in [3.63, 3.8) is 0 Å². The quantitative estimate of drug-likeness (QED) is 0.563. The highest BCUT2D eigenvalue weighted by Gasteiger charge is 2.31. The Balaban J connectivity index is 1.98. The van der Waals surface area contributed by atoms with Crippen LogP contribution in [0.2, 0.25) is 0 Å². The van der Waals surface area contributed by atoms with E-state index in [2.05, 4.69) is 16.0 Å². The summed E-state index contributed by atoms with van der Waals surface area (Å²) in [5.74, 6) is 1.96. The third kappa shape index (κ3) is 4.66. The molecule has 0 radical (unpaired) electrons. The number of thiocarbonyl (C=S) groups is 1. The number of carbonyl (C=O) groups excluding carboxylic acids is 1. The number of hydrogen-bond acceptors (Lipinski definition) is 6. The van der Waals surface area contributed by atoms with Gasteiger partial charge < -0.3 is 34.9 Å². The van der Waals surface area contributed by atoms with Crippen LogP contribution in [0.4, 0.5) is 5.69 Å². The number of carbonyl (C=O) groups is 1. The van der Waals surface area contributed by atoms with Gasteiger partial charge >= 0.3 is 0 Å². The Hall–Kier alpha value is -3.46. The maximum atomic E-state index is 13.3. The first-order valence-electron chi connectivity index (χ1n) is 9.45. The third-order valence-electron chi connectivity index (χ3n) is 4.91. The molecule has 31 heavy (non-hydrogen) atoms. The number of methoxy groups -OCH3 is 4. The van der Waals surface area contributed by atoms with Crippen LogP contribution in [0.25, 0.3) is 0 Å².